The molecule has 2 rings (SSSR count). The van der Waals surface area contributed by atoms with Crippen LogP contribution in [0.4, 0.5) is 23.2 Å². The molecule has 0 fully saturated rings. The number of hydrogen-bond acceptors (Lipinski definition) is 3. The summed E-state index contributed by atoms with van der Waals surface area (Å²) in [6.45, 7) is -0.163. The largest absolute Gasteiger partial charge is 0.573 e. The molecule has 6 nitrogen and oxygen atoms in total. The molecule has 0 saturated carbocycles. The Kier molecular flexibility index (Phi) is 7.19. The average molecular weight is 398 g/mol. The highest BCUT2D eigenvalue weighted by atomic mass is 19.4. The van der Waals surface area contributed by atoms with Crippen molar-refractivity contribution in [2.45, 2.75) is 12.9 Å². The van der Waals surface area contributed by atoms with Gasteiger partial charge in [0.2, 0.25) is 5.91 Å². The minimum absolute atomic E-state index is 0.00842. The van der Waals surface area contributed by atoms with Gasteiger partial charge >= 0.3 is 6.36 Å². The maximum Gasteiger partial charge on any atom is 0.573 e. The Balaban J connectivity index is 1.86. The predicted molar refractivity (Wildman–Crippen MR) is 96.4 cm³/mol. The van der Waals surface area contributed by atoms with Crippen LogP contribution >= 0.6 is 0 Å². The summed E-state index contributed by atoms with van der Waals surface area (Å²) in [5.74, 6) is -0.950. The van der Waals surface area contributed by atoms with Crippen LogP contribution in [0.15, 0.2) is 53.5 Å². The van der Waals surface area contributed by atoms with Crippen LogP contribution in [0.5, 0.6) is 5.75 Å². The molecule has 0 heterocycles. The zero-order valence-electron chi connectivity index (χ0n) is 14.8. The van der Waals surface area contributed by atoms with Crippen molar-refractivity contribution in [3.8, 4) is 5.75 Å². The molecule has 150 valence electrons. The lowest BCUT2D eigenvalue weighted by Gasteiger charge is -2.15. The van der Waals surface area contributed by atoms with E-state index in [4.69, 9.17) is 0 Å². The number of anilines is 1. The molecule has 0 aliphatic carbocycles. The van der Waals surface area contributed by atoms with Gasteiger partial charge in [0, 0.05) is 24.8 Å². The van der Waals surface area contributed by atoms with Gasteiger partial charge in [-0.15, -0.1) is 13.2 Å². The van der Waals surface area contributed by atoms with Gasteiger partial charge in [0.05, 0.1) is 6.54 Å². The fourth-order valence-electron chi connectivity index (χ4n) is 2.18. The number of guanidine groups is 1. The minimum Gasteiger partial charge on any atom is -0.405 e. The molecule has 0 spiro atoms. The van der Waals surface area contributed by atoms with E-state index in [1.54, 1.807) is 6.07 Å². The Hall–Kier alpha value is -3.30. The van der Waals surface area contributed by atoms with Gasteiger partial charge in [-0.3, -0.25) is 9.79 Å². The van der Waals surface area contributed by atoms with Crippen molar-refractivity contribution < 1.29 is 27.1 Å². The summed E-state index contributed by atoms with van der Waals surface area (Å²) >= 11 is 0. The second-order valence-electron chi connectivity index (χ2n) is 5.49. The number of aliphatic imine (C=N–C) groups is 1. The van der Waals surface area contributed by atoms with Crippen LogP contribution in [0.3, 0.4) is 0 Å². The first kappa shape index (κ1) is 21.0. The number of nitrogens with one attached hydrogen (secondary N) is 3. The molecule has 0 aliphatic heterocycles. The highest BCUT2D eigenvalue weighted by Gasteiger charge is 2.31. The van der Waals surface area contributed by atoms with E-state index in [1.807, 2.05) is 0 Å². The fourth-order valence-corrected chi connectivity index (χ4v) is 2.18. The molecule has 10 heteroatoms. The average Bonchev–Trinajstić information content (AvgIpc) is 2.64. The lowest BCUT2D eigenvalue weighted by Crippen LogP contribution is -2.41. The number of alkyl halides is 3. The number of para-hydroxylation sites is 1. The molecule has 0 aliphatic rings. The Labute approximate surface area is 158 Å². The van der Waals surface area contributed by atoms with Crippen molar-refractivity contribution in [3.05, 3.63) is 59.9 Å². The smallest absolute Gasteiger partial charge is 0.405 e. The number of amides is 1. The molecule has 2 aromatic rings. The van der Waals surface area contributed by atoms with E-state index in [0.29, 0.717) is 5.69 Å². The second kappa shape index (κ2) is 9.58. The maximum atomic E-state index is 12.8. The van der Waals surface area contributed by atoms with Gasteiger partial charge in [-0.25, -0.2) is 4.39 Å². The van der Waals surface area contributed by atoms with Crippen molar-refractivity contribution in [1.29, 1.82) is 0 Å². The van der Waals surface area contributed by atoms with Crippen LogP contribution in [0.1, 0.15) is 5.56 Å². The highest BCUT2D eigenvalue weighted by molar-refractivity contribution is 5.94. The fraction of sp³-hybridized carbons (Fsp3) is 0.222. The maximum absolute atomic E-state index is 12.8. The summed E-state index contributed by atoms with van der Waals surface area (Å²) in [5.41, 5.74) is 0.688. The first-order valence-corrected chi connectivity index (χ1v) is 8.10. The number of ether oxygens (including phenoxy) is 1. The Morgan fingerprint density at radius 1 is 1.07 bits per heavy atom. The third kappa shape index (κ3) is 7.14. The number of carbonyl (C=O) groups excluding carboxylic acids is 1. The molecular formula is C18H18F4N4O2. The monoisotopic (exact) mass is 398 g/mol. The molecular weight excluding hydrogens is 380 g/mol. The van der Waals surface area contributed by atoms with Crippen LogP contribution in [0, 0.1) is 5.82 Å². The van der Waals surface area contributed by atoms with Gasteiger partial charge in [0.1, 0.15) is 11.6 Å². The van der Waals surface area contributed by atoms with Gasteiger partial charge < -0.3 is 20.7 Å². The van der Waals surface area contributed by atoms with E-state index < -0.39 is 18.1 Å². The first-order chi connectivity index (χ1) is 13.3. The predicted octanol–water partition coefficient (Wildman–Crippen LogP) is 3.03. The van der Waals surface area contributed by atoms with Gasteiger partial charge in [0.25, 0.3) is 0 Å². The summed E-state index contributed by atoms with van der Waals surface area (Å²) in [7, 11) is 1.45. The zero-order valence-corrected chi connectivity index (χ0v) is 14.8. The van der Waals surface area contributed by atoms with Gasteiger partial charge in [0.15, 0.2) is 5.96 Å². The van der Waals surface area contributed by atoms with E-state index in [-0.39, 0.29) is 30.4 Å². The van der Waals surface area contributed by atoms with Gasteiger partial charge in [-0.05, 0) is 30.3 Å². The normalized spacial score (nSPS) is 11.7. The van der Waals surface area contributed by atoms with E-state index in [1.165, 1.54) is 49.5 Å². The summed E-state index contributed by atoms with van der Waals surface area (Å²) in [4.78, 5) is 15.8. The number of nitrogens with zero attached hydrogens (tertiary/aromatic N) is 1. The second-order valence-corrected chi connectivity index (χ2v) is 5.49. The lowest BCUT2D eigenvalue weighted by molar-refractivity contribution is -0.274. The number of rotatable bonds is 6. The Morgan fingerprint density at radius 2 is 1.75 bits per heavy atom. The lowest BCUT2D eigenvalue weighted by atomic mass is 10.2. The van der Waals surface area contributed by atoms with Gasteiger partial charge in [-0.2, -0.15) is 0 Å². The molecule has 1 amide bonds. The van der Waals surface area contributed by atoms with E-state index in [0.717, 1.165) is 0 Å². The minimum atomic E-state index is -4.80. The number of halogens is 4. The first-order valence-electron chi connectivity index (χ1n) is 8.10. The SMILES string of the molecule is CN=C(NCC(=O)Nc1ccc(F)cc1)NCc1ccccc1OC(F)(F)F. The van der Waals surface area contributed by atoms with E-state index in [9.17, 15) is 22.4 Å². The van der Waals surface area contributed by atoms with Crippen molar-refractivity contribution >= 4 is 17.6 Å². The molecule has 28 heavy (non-hydrogen) atoms. The molecule has 0 atom stereocenters. The molecule has 2 aromatic carbocycles. The van der Waals surface area contributed by atoms with E-state index >= 15 is 0 Å². The molecule has 3 N–H and O–H groups in total. The molecule has 0 unspecified atom stereocenters. The van der Waals surface area contributed by atoms with Crippen molar-refractivity contribution in [1.82, 2.24) is 10.6 Å². The van der Waals surface area contributed by atoms with E-state index in [2.05, 4.69) is 25.7 Å². The molecule has 0 aromatic heterocycles. The third-order valence-electron chi connectivity index (χ3n) is 3.41. The van der Waals surface area contributed by atoms with Crippen LogP contribution in [0.2, 0.25) is 0 Å². The summed E-state index contributed by atoms with van der Waals surface area (Å²) in [6, 6.07) is 10.9. The van der Waals surface area contributed by atoms with Crippen molar-refractivity contribution in [2.24, 2.45) is 4.99 Å². The standard InChI is InChI=1S/C18H18F4N4O2/c1-23-17(25-11-16(27)26-14-8-6-13(19)7-9-14)24-10-12-4-2-3-5-15(12)28-18(20,21)22/h2-9H,10-11H2,1H3,(H,26,27)(H2,23,24,25). The topological polar surface area (TPSA) is 74.8 Å². The Morgan fingerprint density at radius 3 is 2.39 bits per heavy atom. The molecule has 0 bridgehead atoms. The molecule has 0 radical (unpaired) electrons. The van der Waals surface area contributed by atoms with Crippen LogP contribution < -0.4 is 20.7 Å². The third-order valence-corrected chi connectivity index (χ3v) is 3.41. The quantitative estimate of drug-likeness (QED) is 0.397. The van der Waals surface area contributed by atoms with Gasteiger partial charge in [-0.1, -0.05) is 18.2 Å². The van der Waals surface area contributed by atoms with Crippen LogP contribution in [-0.2, 0) is 11.3 Å². The number of carbonyl (C=O) groups is 1. The zero-order chi connectivity index (χ0) is 20.6. The Bertz CT molecular complexity index is 823. The summed E-state index contributed by atoms with van der Waals surface area (Å²) in [5, 5.41) is 8.09. The number of benzene rings is 2. The van der Waals surface area contributed by atoms with Crippen molar-refractivity contribution in [3.63, 3.8) is 0 Å². The van der Waals surface area contributed by atoms with Crippen LogP contribution in [-0.4, -0.2) is 31.8 Å². The van der Waals surface area contributed by atoms with Crippen molar-refractivity contribution in [2.75, 3.05) is 18.9 Å². The number of hydrogen-bond donors (Lipinski definition) is 3. The summed E-state index contributed by atoms with van der Waals surface area (Å²) < 4.78 is 54.2. The molecule has 0 saturated heterocycles. The van der Waals surface area contributed by atoms with Crippen LogP contribution in [0.25, 0.3) is 0 Å². The highest BCUT2D eigenvalue weighted by Crippen LogP contribution is 2.26. The summed E-state index contributed by atoms with van der Waals surface area (Å²) in [6.07, 6.45) is -4.80.